The SMILES string of the molecule is O=C(Cc1cc(-c2ccc(Cl)cc2)on1)NCc1ccc(F)cc1. The third-order valence-corrected chi connectivity index (χ3v) is 3.68. The van der Waals surface area contributed by atoms with Gasteiger partial charge in [-0.1, -0.05) is 28.9 Å². The zero-order chi connectivity index (χ0) is 16.9. The van der Waals surface area contributed by atoms with Gasteiger partial charge in [-0.15, -0.1) is 0 Å². The lowest BCUT2D eigenvalue weighted by molar-refractivity contribution is -0.120. The largest absolute Gasteiger partial charge is 0.356 e. The number of benzene rings is 2. The van der Waals surface area contributed by atoms with Gasteiger partial charge in [-0.3, -0.25) is 4.79 Å². The topological polar surface area (TPSA) is 55.1 Å². The number of carbonyl (C=O) groups is 1. The van der Waals surface area contributed by atoms with Crippen LogP contribution >= 0.6 is 11.6 Å². The van der Waals surface area contributed by atoms with Gasteiger partial charge >= 0.3 is 0 Å². The first-order chi connectivity index (χ1) is 11.6. The minimum atomic E-state index is -0.303. The van der Waals surface area contributed by atoms with E-state index in [2.05, 4.69) is 10.5 Å². The van der Waals surface area contributed by atoms with Crippen molar-refractivity contribution >= 4 is 17.5 Å². The molecule has 1 N–H and O–H groups in total. The van der Waals surface area contributed by atoms with Crippen LogP contribution in [-0.4, -0.2) is 11.1 Å². The second-order valence-electron chi connectivity index (χ2n) is 5.27. The standard InChI is InChI=1S/C18H14ClFN2O2/c19-14-5-3-13(4-6-14)17-9-16(22-24-17)10-18(23)21-11-12-1-7-15(20)8-2-12/h1-9H,10-11H2,(H,21,23). The molecule has 0 unspecified atom stereocenters. The number of hydrogen-bond donors (Lipinski definition) is 1. The van der Waals surface area contributed by atoms with E-state index in [9.17, 15) is 9.18 Å². The van der Waals surface area contributed by atoms with E-state index in [0.717, 1.165) is 11.1 Å². The highest BCUT2D eigenvalue weighted by atomic mass is 35.5. The number of amides is 1. The Balaban J connectivity index is 1.57. The molecule has 0 saturated heterocycles. The molecular weight excluding hydrogens is 331 g/mol. The van der Waals surface area contributed by atoms with Crippen molar-refractivity contribution < 1.29 is 13.7 Å². The highest BCUT2D eigenvalue weighted by molar-refractivity contribution is 6.30. The fourth-order valence-corrected chi connectivity index (χ4v) is 2.30. The monoisotopic (exact) mass is 344 g/mol. The molecule has 0 aliphatic heterocycles. The van der Waals surface area contributed by atoms with Gasteiger partial charge in [0.15, 0.2) is 5.76 Å². The van der Waals surface area contributed by atoms with Crippen molar-refractivity contribution in [3.8, 4) is 11.3 Å². The molecule has 0 spiro atoms. The van der Waals surface area contributed by atoms with Gasteiger partial charge in [0.2, 0.25) is 5.91 Å². The maximum absolute atomic E-state index is 12.8. The maximum Gasteiger partial charge on any atom is 0.226 e. The Bertz CT molecular complexity index is 829. The molecule has 0 saturated carbocycles. The van der Waals surface area contributed by atoms with Gasteiger partial charge in [0, 0.05) is 23.2 Å². The Labute approximate surface area is 143 Å². The van der Waals surface area contributed by atoms with Gasteiger partial charge < -0.3 is 9.84 Å². The summed E-state index contributed by atoms with van der Waals surface area (Å²) in [5, 5.41) is 7.30. The first-order valence-electron chi connectivity index (χ1n) is 7.33. The number of halogens is 2. The Hall–Kier alpha value is -2.66. The highest BCUT2D eigenvalue weighted by Gasteiger charge is 2.10. The lowest BCUT2D eigenvalue weighted by Gasteiger charge is -2.03. The molecular formula is C18H14ClFN2O2. The first-order valence-corrected chi connectivity index (χ1v) is 7.70. The van der Waals surface area contributed by atoms with E-state index in [-0.39, 0.29) is 18.1 Å². The van der Waals surface area contributed by atoms with Gasteiger partial charge in [-0.2, -0.15) is 0 Å². The zero-order valence-corrected chi connectivity index (χ0v) is 13.4. The summed E-state index contributed by atoms with van der Waals surface area (Å²) in [6, 6.07) is 14.9. The predicted molar refractivity (Wildman–Crippen MR) is 88.9 cm³/mol. The number of hydrogen-bond acceptors (Lipinski definition) is 3. The van der Waals surface area contributed by atoms with Crippen LogP contribution in [0.2, 0.25) is 5.02 Å². The molecule has 4 nitrogen and oxygen atoms in total. The molecule has 0 fully saturated rings. The van der Waals surface area contributed by atoms with Crippen molar-refractivity contribution in [2.75, 3.05) is 0 Å². The first kappa shape index (κ1) is 16.2. The summed E-state index contributed by atoms with van der Waals surface area (Å²) in [5.74, 6) is 0.0886. The Morgan fingerprint density at radius 2 is 1.83 bits per heavy atom. The highest BCUT2D eigenvalue weighted by Crippen LogP contribution is 2.22. The van der Waals surface area contributed by atoms with E-state index < -0.39 is 0 Å². The molecule has 3 rings (SSSR count). The Kier molecular flexibility index (Phi) is 4.91. The molecule has 0 aliphatic rings. The third-order valence-electron chi connectivity index (χ3n) is 3.43. The van der Waals surface area contributed by atoms with E-state index in [4.69, 9.17) is 16.1 Å². The minimum absolute atomic E-state index is 0.109. The van der Waals surface area contributed by atoms with Gasteiger partial charge in [-0.25, -0.2) is 4.39 Å². The van der Waals surface area contributed by atoms with Crippen LogP contribution < -0.4 is 5.32 Å². The van der Waals surface area contributed by atoms with E-state index >= 15 is 0 Å². The molecule has 1 amide bonds. The summed E-state index contributed by atoms with van der Waals surface area (Å²) in [6.45, 7) is 0.334. The molecule has 24 heavy (non-hydrogen) atoms. The lowest BCUT2D eigenvalue weighted by Crippen LogP contribution is -2.24. The molecule has 2 aromatic carbocycles. The fourth-order valence-electron chi connectivity index (χ4n) is 2.18. The lowest BCUT2D eigenvalue weighted by atomic mass is 10.1. The summed E-state index contributed by atoms with van der Waals surface area (Å²) in [6.07, 6.45) is 0.109. The van der Waals surface area contributed by atoms with Gasteiger partial charge in [0.05, 0.1) is 12.1 Å². The molecule has 0 bridgehead atoms. The molecule has 0 aliphatic carbocycles. The third kappa shape index (κ3) is 4.20. The number of aromatic nitrogens is 1. The van der Waals surface area contributed by atoms with Crippen molar-refractivity contribution in [1.82, 2.24) is 10.5 Å². The van der Waals surface area contributed by atoms with E-state index in [1.807, 2.05) is 12.1 Å². The minimum Gasteiger partial charge on any atom is -0.356 e. The molecule has 1 heterocycles. The van der Waals surface area contributed by atoms with E-state index in [0.29, 0.717) is 23.0 Å². The second kappa shape index (κ2) is 7.27. The van der Waals surface area contributed by atoms with Crippen LogP contribution in [0.5, 0.6) is 0 Å². The fraction of sp³-hybridized carbons (Fsp3) is 0.111. The molecule has 122 valence electrons. The average Bonchev–Trinajstić information content (AvgIpc) is 3.03. The van der Waals surface area contributed by atoms with Crippen molar-refractivity contribution in [2.24, 2.45) is 0 Å². The van der Waals surface area contributed by atoms with Crippen LogP contribution in [0, 0.1) is 5.82 Å². The van der Waals surface area contributed by atoms with Crippen LogP contribution in [0.3, 0.4) is 0 Å². The summed E-state index contributed by atoms with van der Waals surface area (Å²) < 4.78 is 18.1. The van der Waals surface area contributed by atoms with E-state index in [1.54, 1.807) is 30.3 Å². The summed E-state index contributed by atoms with van der Waals surface area (Å²) in [4.78, 5) is 12.0. The summed E-state index contributed by atoms with van der Waals surface area (Å²) in [5.41, 5.74) is 2.20. The second-order valence-corrected chi connectivity index (χ2v) is 5.71. The smallest absolute Gasteiger partial charge is 0.226 e. The van der Waals surface area contributed by atoms with Crippen LogP contribution in [0.1, 0.15) is 11.3 Å². The summed E-state index contributed by atoms with van der Waals surface area (Å²) in [7, 11) is 0. The number of rotatable bonds is 5. The zero-order valence-electron chi connectivity index (χ0n) is 12.6. The number of nitrogens with one attached hydrogen (secondary N) is 1. The molecule has 6 heteroatoms. The normalized spacial score (nSPS) is 10.6. The maximum atomic E-state index is 12.8. The number of carbonyl (C=O) groups excluding carboxylic acids is 1. The van der Waals surface area contributed by atoms with Gasteiger partial charge in [0.25, 0.3) is 0 Å². The predicted octanol–water partition coefficient (Wildman–Crippen LogP) is 3.99. The Morgan fingerprint density at radius 3 is 2.54 bits per heavy atom. The van der Waals surface area contributed by atoms with Gasteiger partial charge in [0.1, 0.15) is 5.82 Å². The quantitative estimate of drug-likeness (QED) is 0.761. The average molecular weight is 345 g/mol. The molecule has 3 aromatic rings. The van der Waals surface area contributed by atoms with Crippen LogP contribution in [0.15, 0.2) is 59.1 Å². The summed E-state index contributed by atoms with van der Waals surface area (Å²) >= 11 is 5.85. The van der Waals surface area contributed by atoms with Crippen molar-refractivity contribution in [2.45, 2.75) is 13.0 Å². The molecule has 0 radical (unpaired) electrons. The molecule has 0 atom stereocenters. The van der Waals surface area contributed by atoms with Crippen molar-refractivity contribution in [3.05, 3.63) is 76.7 Å². The number of nitrogens with zero attached hydrogens (tertiary/aromatic N) is 1. The van der Waals surface area contributed by atoms with Crippen LogP contribution in [-0.2, 0) is 17.8 Å². The molecule has 1 aromatic heterocycles. The van der Waals surface area contributed by atoms with Crippen molar-refractivity contribution in [1.29, 1.82) is 0 Å². The Morgan fingerprint density at radius 1 is 1.12 bits per heavy atom. The van der Waals surface area contributed by atoms with Crippen LogP contribution in [0.25, 0.3) is 11.3 Å². The van der Waals surface area contributed by atoms with Crippen molar-refractivity contribution in [3.63, 3.8) is 0 Å². The van der Waals surface area contributed by atoms with Crippen LogP contribution in [0.4, 0.5) is 4.39 Å². The van der Waals surface area contributed by atoms with E-state index in [1.165, 1.54) is 12.1 Å². The van der Waals surface area contributed by atoms with Gasteiger partial charge in [-0.05, 0) is 42.0 Å².